The molecule has 2 N–H and O–H groups in total. The van der Waals surface area contributed by atoms with Crippen LogP contribution in [0, 0.1) is 27.7 Å². The second kappa shape index (κ2) is 8.09. The van der Waals surface area contributed by atoms with Gasteiger partial charge in [0.25, 0.3) is 15.9 Å². The van der Waals surface area contributed by atoms with Gasteiger partial charge < -0.3 is 5.32 Å². The highest BCUT2D eigenvalue weighted by Gasteiger charge is 2.20. The van der Waals surface area contributed by atoms with Crippen molar-refractivity contribution in [2.75, 3.05) is 10.0 Å². The molecule has 1 amide bonds. The second-order valence-electron chi connectivity index (χ2n) is 7.22. The lowest BCUT2D eigenvalue weighted by Crippen LogP contribution is -2.17. The summed E-state index contributed by atoms with van der Waals surface area (Å²) in [7, 11) is -3.85. The molecule has 3 rings (SSSR count). The van der Waals surface area contributed by atoms with Gasteiger partial charge in [0.2, 0.25) is 0 Å². The Balaban J connectivity index is 1.90. The van der Waals surface area contributed by atoms with Crippen LogP contribution in [-0.2, 0) is 10.0 Å². The highest BCUT2D eigenvalue weighted by molar-refractivity contribution is 7.92. The number of hydrogen-bond acceptors (Lipinski definition) is 3. The van der Waals surface area contributed by atoms with Crippen molar-refractivity contribution in [1.82, 2.24) is 0 Å². The fourth-order valence-corrected chi connectivity index (χ4v) is 4.31. The third kappa shape index (κ3) is 4.84. The molecule has 0 bridgehead atoms. The van der Waals surface area contributed by atoms with Crippen LogP contribution in [0.25, 0.3) is 0 Å². The lowest BCUT2D eigenvalue weighted by molar-refractivity contribution is 0.102. The largest absolute Gasteiger partial charge is 0.322 e. The molecule has 6 heteroatoms. The summed E-state index contributed by atoms with van der Waals surface area (Å²) in [6.45, 7) is 7.42. The first kappa shape index (κ1) is 20.6. The van der Waals surface area contributed by atoms with Gasteiger partial charge in [-0.3, -0.25) is 9.52 Å². The minimum Gasteiger partial charge on any atom is -0.322 e. The minimum atomic E-state index is -3.85. The van der Waals surface area contributed by atoms with Crippen LogP contribution in [0.5, 0.6) is 0 Å². The van der Waals surface area contributed by atoms with Gasteiger partial charge in [0.05, 0.1) is 10.6 Å². The quantitative estimate of drug-likeness (QED) is 0.626. The molecule has 5 nitrogen and oxygen atoms in total. The maximum Gasteiger partial charge on any atom is 0.262 e. The number of hydrogen-bond donors (Lipinski definition) is 2. The maximum absolute atomic E-state index is 13.0. The van der Waals surface area contributed by atoms with Crippen LogP contribution in [0.15, 0.2) is 65.6 Å². The van der Waals surface area contributed by atoms with Crippen molar-refractivity contribution in [3.05, 3.63) is 88.5 Å². The van der Waals surface area contributed by atoms with E-state index in [2.05, 4.69) is 10.0 Å². The number of carbonyl (C=O) groups is 1. The molecule has 0 aromatic heterocycles. The molecule has 150 valence electrons. The van der Waals surface area contributed by atoms with Crippen LogP contribution in [0.1, 0.15) is 32.6 Å². The van der Waals surface area contributed by atoms with Gasteiger partial charge >= 0.3 is 0 Å². The lowest BCUT2D eigenvalue weighted by atomic mass is 10.1. The average Bonchev–Trinajstić information content (AvgIpc) is 2.66. The highest BCUT2D eigenvalue weighted by Crippen LogP contribution is 2.24. The minimum absolute atomic E-state index is 0.0787. The molecular formula is C23H24N2O3S. The van der Waals surface area contributed by atoms with Crippen LogP contribution in [0.4, 0.5) is 11.4 Å². The Morgan fingerprint density at radius 3 is 2.07 bits per heavy atom. The number of aryl methyl sites for hydroxylation is 4. The van der Waals surface area contributed by atoms with Crippen molar-refractivity contribution >= 4 is 27.3 Å². The van der Waals surface area contributed by atoms with E-state index >= 15 is 0 Å². The maximum atomic E-state index is 13.0. The van der Waals surface area contributed by atoms with Gasteiger partial charge in [-0.05, 0) is 74.7 Å². The first-order valence-corrected chi connectivity index (χ1v) is 10.7. The van der Waals surface area contributed by atoms with Gasteiger partial charge in [-0.2, -0.15) is 0 Å². The van der Waals surface area contributed by atoms with Crippen LogP contribution in [-0.4, -0.2) is 14.3 Å². The van der Waals surface area contributed by atoms with Crippen molar-refractivity contribution in [2.24, 2.45) is 0 Å². The summed E-state index contributed by atoms with van der Waals surface area (Å²) in [5, 5.41) is 2.80. The topological polar surface area (TPSA) is 75.3 Å². The molecule has 0 aliphatic heterocycles. The third-order valence-electron chi connectivity index (χ3n) is 4.69. The molecule has 0 unspecified atom stereocenters. The van der Waals surface area contributed by atoms with E-state index in [1.165, 1.54) is 6.07 Å². The Kier molecular flexibility index (Phi) is 5.75. The fourth-order valence-electron chi connectivity index (χ4n) is 2.92. The Labute approximate surface area is 171 Å². The Hall–Kier alpha value is -3.12. The van der Waals surface area contributed by atoms with E-state index in [1.807, 2.05) is 45.0 Å². The summed E-state index contributed by atoms with van der Waals surface area (Å²) in [6.07, 6.45) is 0. The summed E-state index contributed by atoms with van der Waals surface area (Å²) in [5.41, 5.74) is 4.88. The number of amides is 1. The summed E-state index contributed by atoms with van der Waals surface area (Å²) in [6, 6.07) is 17.7. The summed E-state index contributed by atoms with van der Waals surface area (Å²) >= 11 is 0. The van der Waals surface area contributed by atoms with Crippen molar-refractivity contribution in [3.63, 3.8) is 0 Å². The number of anilines is 2. The molecule has 0 aliphatic carbocycles. The smallest absolute Gasteiger partial charge is 0.262 e. The number of nitrogens with one attached hydrogen (secondary N) is 2. The van der Waals surface area contributed by atoms with Gasteiger partial charge in [0.1, 0.15) is 0 Å². The zero-order valence-electron chi connectivity index (χ0n) is 16.9. The molecule has 0 heterocycles. The van der Waals surface area contributed by atoms with Crippen LogP contribution in [0.2, 0.25) is 0 Å². The van der Waals surface area contributed by atoms with E-state index in [-0.39, 0.29) is 16.4 Å². The molecule has 0 fully saturated rings. The van der Waals surface area contributed by atoms with Crippen molar-refractivity contribution in [3.8, 4) is 0 Å². The second-order valence-corrected chi connectivity index (χ2v) is 8.88. The Bertz CT molecular complexity index is 1170. The van der Waals surface area contributed by atoms with E-state index in [9.17, 15) is 13.2 Å². The normalized spacial score (nSPS) is 11.2. The van der Waals surface area contributed by atoms with Gasteiger partial charge in [-0.25, -0.2) is 8.42 Å². The molecule has 29 heavy (non-hydrogen) atoms. The average molecular weight is 409 g/mol. The summed E-state index contributed by atoms with van der Waals surface area (Å²) in [5.74, 6) is -0.364. The molecule has 0 saturated carbocycles. The van der Waals surface area contributed by atoms with Crippen molar-refractivity contribution < 1.29 is 13.2 Å². The first-order valence-electron chi connectivity index (χ1n) is 9.24. The van der Waals surface area contributed by atoms with Crippen LogP contribution < -0.4 is 10.0 Å². The summed E-state index contributed by atoms with van der Waals surface area (Å²) in [4.78, 5) is 12.7. The third-order valence-corrected chi connectivity index (χ3v) is 6.19. The lowest BCUT2D eigenvalue weighted by Gasteiger charge is -2.14. The SMILES string of the molecule is Cc1ccc(NC(=O)c2ccc(C)c(S(=O)(=O)Nc3cc(C)ccc3C)c2)cc1. The Morgan fingerprint density at radius 1 is 0.759 bits per heavy atom. The fraction of sp³-hybridized carbons (Fsp3) is 0.174. The van der Waals surface area contributed by atoms with E-state index < -0.39 is 10.0 Å². The van der Waals surface area contributed by atoms with E-state index in [0.29, 0.717) is 16.9 Å². The summed E-state index contributed by atoms with van der Waals surface area (Å²) < 4.78 is 28.7. The zero-order chi connectivity index (χ0) is 21.2. The molecule has 0 spiro atoms. The zero-order valence-corrected chi connectivity index (χ0v) is 17.7. The van der Waals surface area contributed by atoms with E-state index in [4.69, 9.17) is 0 Å². The monoisotopic (exact) mass is 408 g/mol. The van der Waals surface area contributed by atoms with Gasteiger partial charge in [0.15, 0.2) is 0 Å². The molecule has 3 aromatic carbocycles. The molecule has 0 aliphatic rings. The first-order chi connectivity index (χ1) is 13.7. The van der Waals surface area contributed by atoms with Crippen molar-refractivity contribution in [2.45, 2.75) is 32.6 Å². The standard InChI is InChI=1S/C23H24N2O3S/c1-15-6-11-20(12-7-15)24-23(26)19-10-9-18(4)22(14-19)29(27,28)25-21-13-16(2)5-8-17(21)3/h5-14,25H,1-4H3,(H,24,26). The van der Waals surface area contributed by atoms with Crippen LogP contribution in [0.3, 0.4) is 0 Å². The number of sulfonamides is 1. The predicted octanol–water partition coefficient (Wildman–Crippen LogP) is 4.97. The number of benzene rings is 3. The van der Waals surface area contributed by atoms with Gasteiger partial charge in [-0.15, -0.1) is 0 Å². The van der Waals surface area contributed by atoms with Crippen LogP contribution >= 0.6 is 0 Å². The van der Waals surface area contributed by atoms with Gasteiger partial charge in [0, 0.05) is 11.3 Å². The molecule has 0 radical (unpaired) electrons. The molecule has 3 aromatic rings. The van der Waals surface area contributed by atoms with E-state index in [1.54, 1.807) is 37.3 Å². The Morgan fingerprint density at radius 2 is 1.38 bits per heavy atom. The molecule has 0 saturated heterocycles. The molecular weight excluding hydrogens is 384 g/mol. The van der Waals surface area contributed by atoms with Gasteiger partial charge in [-0.1, -0.05) is 35.9 Å². The highest BCUT2D eigenvalue weighted by atomic mass is 32.2. The number of rotatable bonds is 5. The molecule has 0 atom stereocenters. The predicted molar refractivity (Wildman–Crippen MR) is 117 cm³/mol. The van der Waals surface area contributed by atoms with E-state index in [0.717, 1.165) is 16.7 Å². The van der Waals surface area contributed by atoms with Crippen molar-refractivity contribution in [1.29, 1.82) is 0 Å². The number of carbonyl (C=O) groups excluding carboxylic acids is 1.